The Balaban J connectivity index is 3.68. The van der Waals surface area contributed by atoms with Crippen LogP contribution < -0.4 is 11.2 Å². The molecule has 0 aliphatic rings. The molecule has 0 amide bonds. The SMILES string of the molecule is C=CCc1c(Cl)n(C)c(=O)n(C)c1=O. The largest absolute Gasteiger partial charge is 0.331 e. The Hall–Kier alpha value is -1.29. The molecule has 0 aromatic carbocycles. The number of hydrogen-bond acceptors (Lipinski definition) is 2. The second-order valence-electron chi connectivity index (χ2n) is 2.97. The summed E-state index contributed by atoms with van der Waals surface area (Å²) < 4.78 is 2.27. The van der Waals surface area contributed by atoms with Crippen LogP contribution >= 0.6 is 11.6 Å². The molecule has 0 aliphatic carbocycles. The van der Waals surface area contributed by atoms with E-state index in [0.29, 0.717) is 12.0 Å². The highest BCUT2D eigenvalue weighted by molar-refractivity contribution is 6.30. The van der Waals surface area contributed by atoms with Crippen molar-refractivity contribution >= 4 is 11.6 Å². The lowest BCUT2D eigenvalue weighted by atomic mass is 10.2. The van der Waals surface area contributed by atoms with Crippen LogP contribution in [0.3, 0.4) is 0 Å². The van der Waals surface area contributed by atoms with Crippen molar-refractivity contribution in [3.63, 3.8) is 0 Å². The van der Waals surface area contributed by atoms with Gasteiger partial charge < -0.3 is 0 Å². The monoisotopic (exact) mass is 214 g/mol. The summed E-state index contributed by atoms with van der Waals surface area (Å²) in [6, 6.07) is 0. The Bertz CT molecular complexity index is 485. The zero-order chi connectivity index (χ0) is 10.9. The molecule has 0 unspecified atom stereocenters. The van der Waals surface area contributed by atoms with Crippen LogP contribution in [0.4, 0.5) is 0 Å². The van der Waals surface area contributed by atoms with Gasteiger partial charge in [-0.25, -0.2) is 4.79 Å². The van der Waals surface area contributed by atoms with E-state index in [9.17, 15) is 9.59 Å². The number of halogens is 1. The Morgan fingerprint density at radius 2 is 1.93 bits per heavy atom. The predicted octanol–water partition coefficient (Wildman–Crippen LogP) is 0.466. The van der Waals surface area contributed by atoms with E-state index >= 15 is 0 Å². The van der Waals surface area contributed by atoms with Crippen LogP contribution in [0.2, 0.25) is 5.15 Å². The van der Waals surface area contributed by atoms with Gasteiger partial charge in [-0.2, -0.15) is 0 Å². The van der Waals surface area contributed by atoms with Gasteiger partial charge in [-0.15, -0.1) is 6.58 Å². The first kappa shape index (κ1) is 10.8. The van der Waals surface area contributed by atoms with E-state index in [1.165, 1.54) is 18.7 Å². The van der Waals surface area contributed by atoms with Gasteiger partial charge in [0.25, 0.3) is 5.56 Å². The maximum absolute atomic E-state index is 11.6. The van der Waals surface area contributed by atoms with Gasteiger partial charge in [-0.3, -0.25) is 13.9 Å². The molecule has 0 bridgehead atoms. The molecule has 14 heavy (non-hydrogen) atoms. The summed E-state index contributed by atoms with van der Waals surface area (Å²) in [6.07, 6.45) is 1.94. The molecule has 0 aliphatic heterocycles. The van der Waals surface area contributed by atoms with Crippen molar-refractivity contribution in [3.8, 4) is 0 Å². The van der Waals surface area contributed by atoms with Gasteiger partial charge in [0.05, 0.1) is 5.56 Å². The van der Waals surface area contributed by atoms with Crippen molar-refractivity contribution in [2.75, 3.05) is 0 Å². The Labute approximate surface area is 86.1 Å². The van der Waals surface area contributed by atoms with E-state index in [1.54, 1.807) is 6.08 Å². The van der Waals surface area contributed by atoms with Crippen molar-refractivity contribution < 1.29 is 0 Å². The van der Waals surface area contributed by atoms with Gasteiger partial charge in [-0.1, -0.05) is 17.7 Å². The van der Waals surface area contributed by atoms with E-state index in [4.69, 9.17) is 11.6 Å². The lowest BCUT2D eigenvalue weighted by Crippen LogP contribution is -2.39. The maximum atomic E-state index is 11.6. The summed E-state index contributed by atoms with van der Waals surface area (Å²) in [5.74, 6) is 0. The van der Waals surface area contributed by atoms with Gasteiger partial charge in [-0.05, 0) is 6.42 Å². The summed E-state index contributed by atoms with van der Waals surface area (Å²) in [4.78, 5) is 23.0. The molecule has 76 valence electrons. The van der Waals surface area contributed by atoms with E-state index in [-0.39, 0.29) is 10.7 Å². The van der Waals surface area contributed by atoms with Gasteiger partial charge in [0.15, 0.2) is 0 Å². The molecule has 0 N–H and O–H groups in total. The third-order valence-electron chi connectivity index (χ3n) is 2.03. The average molecular weight is 215 g/mol. The minimum Gasteiger partial charge on any atom is -0.287 e. The number of hydrogen-bond donors (Lipinski definition) is 0. The Morgan fingerprint density at radius 1 is 1.36 bits per heavy atom. The van der Waals surface area contributed by atoms with Crippen LogP contribution in [-0.4, -0.2) is 9.13 Å². The number of rotatable bonds is 2. The Morgan fingerprint density at radius 3 is 2.43 bits per heavy atom. The highest BCUT2D eigenvalue weighted by Gasteiger charge is 2.11. The van der Waals surface area contributed by atoms with Crippen LogP contribution in [0.25, 0.3) is 0 Å². The molecule has 0 atom stereocenters. The molecule has 5 heteroatoms. The second-order valence-corrected chi connectivity index (χ2v) is 3.33. The Kier molecular flexibility index (Phi) is 2.96. The fourth-order valence-corrected chi connectivity index (χ4v) is 1.44. The summed E-state index contributed by atoms with van der Waals surface area (Å²) in [6.45, 7) is 3.53. The van der Waals surface area contributed by atoms with E-state index in [2.05, 4.69) is 6.58 Å². The first-order chi connectivity index (χ1) is 6.50. The highest BCUT2D eigenvalue weighted by Crippen LogP contribution is 2.08. The molecule has 1 aromatic heterocycles. The third-order valence-corrected chi connectivity index (χ3v) is 2.51. The summed E-state index contributed by atoms with van der Waals surface area (Å²) in [5, 5.41) is 0.179. The van der Waals surface area contributed by atoms with Crippen LogP contribution in [0.15, 0.2) is 22.2 Å². The second kappa shape index (κ2) is 3.84. The quantitative estimate of drug-likeness (QED) is 0.531. The topological polar surface area (TPSA) is 44.0 Å². The molecule has 1 rings (SSSR count). The van der Waals surface area contributed by atoms with Gasteiger partial charge in [0.1, 0.15) is 5.15 Å². The highest BCUT2D eigenvalue weighted by atomic mass is 35.5. The standard InChI is InChI=1S/C9H11ClN2O2/c1-4-5-6-7(10)11(2)9(14)12(3)8(6)13/h4H,1,5H2,2-3H3. The van der Waals surface area contributed by atoms with Crippen LogP contribution in [0, 0.1) is 0 Å². The maximum Gasteiger partial charge on any atom is 0.331 e. The molecule has 0 spiro atoms. The van der Waals surface area contributed by atoms with Gasteiger partial charge in [0, 0.05) is 14.1 Å². The first-order valence-electron chi connectivity index (χ1n) is 4.06. The lowest BCUT2D eigenvalue weighted by Gasteiger charge is -2.08. The zero-order valence-corrected chi connectivity index (χ0v) is 8.84. The van der Waals surface area contributed by atoms with Crippen LogP contribution in [0.5, 0.6) is 0 Å². The molecule has 4 nitrogen and oxygen atoms in total. The van der Waals surface area contributed by atoms with E-state index in [0.717, 1.165) is 4.57 Å². The molecular formula is C9H11ClN2O2. The van der Waals surface area contributed by atoms with Gasteiger partial charge in [0.2, 0.25) is 0 Å². The van der Waals surface area contributed by atoms with E-state index in [1.807, 2.05) is 0 Å². The molecular weight excluding hydrogens is 204 g/mol. The van der Waals surface area contributed by atoms with Crippen molar-refractivity contribution in [1.82, 2.24) is 9.13 Å². The molecule has 0 saturated carbocycles. The van der Waals surface area contributed by atoms with Gasteiger partial charge >= 0.3 is 5.69 Å². The van der Waals surface area contributed by atoms with Crippen LogP contribution in [-0.2, 0) is 20.5 Å². The number of allylic oxidation sites excluding steroid dienone is 1. The van der Waals surface area contributed by atoms with Crippen molar-refractivity contribution in [2.24, 2.45) is 14.1 Å². The molecule has 0 radical (unpaired) electrons. The smallest absolute Gasteiger partial charge is 0.287 e. The lowest BCUT2D eigenvalue weighted by molar-refractivity contribution is 0.674. The van der Waals surface area contributed by atoms with E-state index < -0.39 is 5.69 Å². The summed E-state index contributed by atoms with van der Waals surface area (Å²) in [7, 11) is 2.95. The number of aromatic nitrogens is 2. The molecule has 1 aromatic rings. The first-order valence-corrected chi connectivity index (χ1v) is 4.43. The average Bonchev–Trinajstić information content (AvgIpc) is 2.19. The predicted molar refractivity (Wildman–Crippen MR) is 55.8 cm³/mol. The summed E-state index contributed by atoms with van der Waals surface area (Å²) >= 11 is 5.86. The molecule has 0 saturated heterocycles. The third kappa shape index (κ3) is 1.53. The zero-order valence-electron chi connectivity index (χ0n) is 8.08. The van der Waals surface area contributed by atoms with Crippen molar-refractivity contribution in [1.29, 1.82) is 0 Å². The molecule has 1 heterocycles. The minimum atomic E-state index is -0.423. The normalized spacial score (nSPS) is 10.2. The fraction of sp³-hybridized carbons (Fsp3) is 0.333. The minimum absolute atomic E-state index is 0.179. The number of nitrogens with zero attached hydrogens (tertiary/aromatic N) is 2. The summed E-state index contributed by atoms with van der Waals surface area (Å²) in [5.41, 5.74) is -0.392. The fourth-order valence-electron chi connectivity index (χ4n) is 1.20. The van der Waals surface area contributed by atoms with Crippen LogP contribution in [0.1, 0.15) is 5.56 Å². The van der Waals surface area contributed by atoms with Crippen molar-refractivity contribution in [3.05, 3.63) is 44.2 Å². The van der Waals surface area contributed by atoms with Crippen molar-refractivity contribution in [2.45, 2.75) is 6.42 Å². The molecule has 0 fully saturated rings.